The van der Waals surface area contributed by atoms with E-state index < -0.39 is 75.0 Å². The van der Waals surface area contributed by atoms with Gasteiger partial charge in [-0.3, -0.25) is 23.5 Å². The van der Waals surface area contributed by atoms with Gasteiger partial charge in [-0.15, -0.1) is 0 Å². The highest BCUT2D eigenvalue weighted by Gasteiger charge is 2.55. The van der Waals surface area contributed by atoms with Gasteiger partial charge in [0.25, 0.3) is 5.56 Å². The first kappa shape index (κ1) is 28.7. The average Bonchev–Trinajstić information content (AvgIpc) is 3.72. The molecular weight excluding hydrogens is 581 g/mol. The molecule has 6 rings (SSSR count). The van der Waals surface area contributed by atoms with Gasteiger partial charge in [-0.2, -0.15) is 4.98 Å². The van der Waals surface area contributed by atoms with Crippen LogP contribution in [0.3, 0.4) is 0 Å². The summed E-state index contributed by atoms with van der Waals surface area (Å²) >= 11 is 0. The maximum Gasteiger partial charge on any atom is 0.338 e. The third-order valence-corrected chi connectivity index (χ3v) is 9.26. The molecule has 1 unspecified atom stereocenters. The molecule has 226 valence electrons. The number of aromatic nitrogens is 8. The molecule has 4 aromatic heterocycles. The van der Waals surface area contributed by atoms with Crippen LogP contribution >= 0.6 is 7.60 Å². The fourth-order valence-electron chi connectivity index (χ4n) is 5.30. The van der Waals surface area contributed by atoms with Gasteiger partial charge in [0.2, 0.25) is 5.95 Å². The quantitative estimate of drug-likeness (QED) is 0.102. The van der Waals surface area contributed by atoms with Gasteiger partial charge < -0.3 is 45.1 Å². The van der Waals surface area contributed by atoms with E-state index in [2.05, 4.69) is 29.9 Å². The molecule has 6 heterocycles. The summed E-state index contributed by atoms with van der Waals surface area (Å²) in [6, 6.07) is 0. The van der Waals surface area contributed by atoms with E-state index in [0.29, 0.717) is 23.3 Å². The molecule has 2 fully saturated rings. The number of aromatic amines is 1. The molecule has 20 heteroatoms. The highest BCUT2D eigenvalue weighted by atomic mass is 31.2. The molecule has 0 bridgehead atoms. The molecule has 2 aliphatic rings. The molecule has 4 aromatic rings. The molecule has 2 aliphatic heterocycles. The number of H-pyrrole nitrogens is 1. The monoisotopic (exact) mass is 609 g/mol. The number of nitrogens with one attached hydrogen (secondary N) is 1. The van der Waals surface area contributed by atoms with E-state index in [1.807, 2.05) is 6.92 Å². The molecule has 8 N–H and O–H groups in total. The van der Waals surface area contributed by atoms with Gasteiger partial charge >= 0.3 is 7.60 Å². The van der Waals surface area contributed by atoms with Crippen LogP contribution in [0.4, 0.5) is 5.95 Å². The van der Waals surface area contributed by atoms with Crippen LogP contribution in [0.5, 0.6) is 0 Å². The van der Waals surface area contributed by atoms with Gasteiger partial charge in [0.15, 0.2) is 29.3 Å². The van der Waals surface area contributed by atoms with Crippen LogP contribution in [0.1, 0.15) is 25.1 Å². The third kappa shape index (κ3) is 4.59. The predicted octanol–water partition coefficient (Wildman–Crippen LogP) is -2.46. The van der Waals surface area contributed by atoms with Gasteiger partial charge in [0.1, 0.15) is 48.0 Å². The lowest BCUT2D eigenvalue weighted by atomic mass is 10.1. The number of fused-ring (bicyclic) bond motifs is 2. The van der Waals surface area contributed by atoms with E-state index in [1.54, 1.807) is 0 Å². The SMILES string of the molecule is CCc1ncnc2c1ncn2[C@@H]1O[C@H](COP(=O)(O)[C@@H]2[C@H](O)[C@@H](CO)O[C@H]2n2cnc3c(=O)[nH]c(N)nc32)[C@@H](O)[C@H]1O. The van der Waals surface area contributed by atoms with Gasteiger partial charge in [0.05, 0.1) is 31.6 Å². The van der Waals surface area contributed by atoms with E-state index in [1.165, 1.54) is 17.2 Å². The van der Waals surface area contributed by atoms with Gasteiger partial charge in [-0.1, -0.05) is 6.92 Å². The van der Waals surface area contributed by atoms with Crippen LogP contribution in [0.2, 0.25) is 0 Å². The van der Waals surface area contributed by atoms with Crippen LogP contribution in [-0.4, -0.2) is 114 Å². The second-order valence-electron chi connectivity index (χ2n) is 9.91. The number of imidazole rings is 2. The number of hydrogen-bond acceptors (Lipinski definition) is 15. The molecule has 0 radical (unpaired) electrons. The van der Waals surface area contributed by atoms with Crippen molar-refractivity contribution in [2.45, 2.75) is 62.0 Å². The van der Waals surface area contributed by atoms with Crippen molar-refractivity contribution in [1.29, 1.82) is 0 Å². The highest BCUT2D eigenvalue weighted by Crippen LogP contribution is 2.57. The fraction of sp³-hybridized carbons (Fsp3) is 0.545. The molecule has 0 amide bonds. The number of hydrogen-bond donors (Lipinski definition) is 7. The topological polar surface area (TPSA) is 279 Å². The van der Waals surface area contributed by atoms with Gasteiger partial charge in [0, 0.05) is 0 Å². The predicted molar refractivity (Wildman–Crippen MR) is 140 cm³/mol. The van der Waals surface area contributed by atoms with Crippen molar-refractivity contribution in [2.75, 3.05) is 18.9 Å². The van der Waals surface area contributed by atoms with E-state index in [9.17, 15) is 34.7 Å². The standard InChI is InChI=1S/C22H28N9O10P/c1-2-8-11-17(25-5-24-8)30(6-26-11)20-15(35)13(33)10(41-20)4-39-42(37,38)16-14(34)9(3-32)40-21(16)31-7-27-12-18(31)28-22(23)29-19(12)36/h5-7,9-10,13-16,20-21,32-35H,2-4H2,1H3,(H,37,38)(H3,23,28,29,36)/t9-,10-,13-,14-,15-,16-,20-,21-/m1/s1. The number of anilines is 1. The smallest absolute Gasteiger partial charge is 0.338 e. The number of nitrogen functional groups attached to an aromatic ring is 1. The van der Waals surface area contributed by atoms with Crippen molar-refractivity contribution in [3.63, 3.8) is 0 Å². The zero-order valence-electron chi connectivity index (χ0n) is 21.9. The molecular formula is C22H28N9O10P. The van der Waals surface area contributed by atoms with Crippen molar-refractivity contribution in [3.05, 3.63) is 35.0 Å². The zero-order chi connectivity index (χ0) is 29.9. The van der Waals surface area contributed by atoms with Crippen LogP contribution in [-0.2, 0) is 25.0 Å². The Hall–Kier alpha value is -3.39. The van der Waals surface area contributed by atoms with Gasteiger partial charge in [-0.25, -0.2) is 19.9 Å². The number of aliphatic hydroxyl groups is 4. The minimum atomic E-state index is -4.87. The van der Waals surface area contributed by atoms with Crippen molar-refractivity contribution in [3.8, 4) is 0 Å². The first-order valence-corrected chi connectivity index (χ1v) is 14.5. The number of aliphatic hydroxyl groups excluding tert-OH is 4. The molecule has 9 atom stereocenters. The van der Waals surface area contributed by atoms with Crippen LogP contribution in [0, 0.1) is 0 Å². The Labute approximate surface area is 235 Å². The van der Waals surface area contributed by atoms with E-state index in [0.717, 1.165) is 10.9 Å². The highest BCUT2D eigenvalue weighted by molar-refractivity contribution is 7.53. The van der Waals surface area contributed by atoms with Crippen molar-refractivity contribution in [2.24, 2.45) is 0 Å². The molecule has 42 heavy (non-hydrogen) atoms. The molecule has 0 aliphatic carbocycles. The molecule has 0 aromatic carbocycles. The lowest BCUT2D eigenvalue weighted by molar-refractivity contribution is -0.0496. The largest absolute Gasteiger partial charge is 0.394 e. The van der Waals surface area contributed by atoms with E-state index in [-0.39, 0.29) is 17.1 Å². The summed E-state index contributed by atoms with van der Waals surface area (Å²) in [5.74, 6) is -0.255. The number of rotatable bonds is 8. The Morgan fingerprint density at radius 1 is 1.00 bits per heavy atom. The zero-order valence-corrected chi connectivity index (χ0v) is 22.8. The Bertz CT molecular complexity index is 1730. The normalized spacial score (nSPS) is 31.3. The minimum Gasteiger partial charge on any atom is -0.394 e. The van der Waals surface area contributed by atoms with Crippen LogP contribution in [0.15, 0.2) is 23.8 Å². The Kier molecular flexibility index (Phi) is 7.32. The Balaban J connectivity index is 1.24. The summed E-state index contributed by atoms with van der Waals surface area (Å²) in [6.07, 6.45) is -5.51. The molecule has 19 nitrogen and oxygen atoms in total. The Morgan fingerprint density at radius 3 is 2.40 bits per heavy atom. The number of ether oxygens (including phenoxy) is 2. The second-order valence-corrected chi connectivity index (χ2v) is 11.9. The summed E-state index contributed by atoms with van der Waals surface area (Å²) in [4.78, 5) is 46.2. The molecule has 0 spiro atoms. The van der Waals surface area contributed by atoms with Crippen molar-refractivity contribution in [1.82, 2.24) is 39.0 Å². The summed E-state index contributed by atoms with van der Waals surface area (Å²) in [5.41, 5.74) is 4.57. The Morgan fingerprint density at radius 2 is 1.69 bits per heavy atom. The van der Waals surface area contributed by atoms with Crippen molar-refractivity contribution < 1.29 is 43.9 Å². The maximum atomic E-state index is 13.6. The number of nitrogens with zero attached hydrogens (tertiary/aromatic N) is 7. The lowest BCUT2D eigenvalue weighted by Crippen LogP contribution is -2.36. The molecule has 2 saturated heterocycles. The first-order valence-electron chi connectivity index (χ1n) is 12.9. The van der Waals surface area contributed by atoms with Crippen LogP contribution in [0.25, 0.3) is 22.3 Å². The fourth-order valence-corrected chi connectivity index (χ4v) is 6.95. The summed E-state index contributed by atoms with van der Waals surface area (Å²) in [7, 11) is -4.87. The summed E-state index contributed by atoms with van der Waals surface area (Å²) < 4.78 is 33.0. The number of aryl methyl sites for hydroxylation is 1. The van der Waals surface area contributed by atoms with E-state index >= 15 is 0 Å². The van der Waals surface area contributed by atoms with Crippen molar-refractivity contribution >= 4 is 35.9 Å². The third-order valence-electron chi connectivity index (χ3n) is 7.42. The van der Waals surface area contributed by atoms with E-state index in [4.69, 9.17) is 19.7 Å². The minimum absolute atomic E-state index is 0.0971. The second kappa shape index (κ2) is 10.7. The van der Waals surface area contributed by atoms with Crippen LogP contribution < -0.4 is 11.3 Å². The summed E-state index contributed by atoms with van der Waals surface area (Å²) in [5, 5.41) is 42.0. The van der Waals surface area contributed by atoms with Gasteiger partial charge in [-0.05, 0) is 6.42 Å². The average molecular weight is 609 g/mol. The molecule has 0 saturated carbocycles. The number of nitrogens with two attached hydrogens (primary N) is 1. The maximum absolute atomic E-state index is 13.6. The summed E-state index contributed by atoms with van der Waals surface area (Å²) in [6.45, 7) is 0.504. The first-order chi connectivity index (χ1) is 20.1. The lowest BCUT2D eigenvalue weighted by Gasteiger charge is -2.27.